The van der Waals surface area contributed by atoms with E-state index in [-0.39, 0.29) is 23.8 Å². The monoisotopic (exact) mass is 584 g/mol. The number of benzene rings is 3. The molecule has 3 N–H and O–H groups in total. The van der Waals surface area contributed by atoms with Gasteiger partial charge < -0.3 is 20.5 Å². The maximum atomic E-state index is 12.9. The van der Waals surface area contributed by atoms with Crippen LogP contribution in [0.15, 0.2) is 66.7 Å². The molecule has 0 aliphatic heterocycles. The Balaban J connectivity index is 1.43. The van der Waals surface area contributed by atoms with Crippen molar-refractivity contribution in [2.45, 2.75) is 31.7 Å². The van der Waals surface area contributed by atoms with Gasteiger partial charge in [-0.2, -0.15) is 0 Å². The molecule has 0 bridgehead atoms. The number of anilines is 1. The van der Waals surface area contributed by atoms with E-state index in [1.807, 2.05) is 65.9 Å². The highest BCUT2D eigenvalue weighted by atomic mass is 127. The van der Waals surface area contributed by atoms with Crippen molar-refractivity contribution in [1.29, 1.82) is 0 Å². The first-order valence-corrected chi connectivity index (χ1v) is 12.4. The highest BCUT2D eigenvalue weighted by Crippen LogP contribution is 2.44. The van der Waals surface area contributed by atoms with Crippen molar-refractivity contribution >= 4 is 46.2 Å². The van der Waals surface area contributed by atoms with Crippen LogP contribution < -0.4 is 10.6 Å². The van der Waals surface area contributed by atoms with E-state index in [2.05, 4.69) is 22.8 Å². The summed E-state index contributed by atoms with van der Waals surface area (Å²) in [5, 5.41) is 14.7. The minimum atomic E-state index is -1.14. The molecular formula is C27H25IN2O5. The fourth-order valence-electron chi connectivity index (χ4n) is 4.36. The second-order valence-corrected chi connectivity index (χ2v) is 9.54. The van der Waals surface area contributed by atoms with Crippen molar-refractivity contribution < 1.29 is 24.2 Å². The van der Waals surface area contributed by atoms with E-state index in [0.29, 0.717) is 12.8 Å². The van der Waals surface area contributed by atoms with Crippen LogP contribution in [0.2, 0.25) is 0 Å². The third-order valence-corrected chi connectivity index (χ3v) is 6.67. The van der Waals surface area contributed by atoms with Gasteiger partial charge in [0.1, 0.15) is 12.6 Å². The Labute approximate surface area is 217 Å². The summed E-state index contributed by atoms with van der Waals surface area (Å²) in [6, 6.07) is 20.0. The predicted molar refractivity (Wildman–Crippen MR) is 142 cm³/mol. The number of ether oxygens (including phenoxy) is 1. The highest BCUT2D eigenvalue weighted by molar-refractivity contribution is 14.1. The number of carbonyl (C=O) groups is 3. The molecular weight excluding hydrogens is 559 g/mol. The molecule has 3 aromatic carbocycles. The Morgan fingerprint density at radius 2 is 1.63 bits per heavy atom. The Bertz CT molecular complexity index is 1230. The molecule has 2 amide bonds. The number of carboxylic acids is 1. The first-order valence-electron chi connectivity index (χ1n) is 11.3. The normalized spacial score (nSPS) is 12.9. The molecule has 35 heavy (non-hydrogen) atoms. The molecule has 0 unspecified atom stereocenters. The fourth-order valence-corrected chi connectivity index (χ4v) is 4.85. The lowest BCUT2D eigenvalue weighted by atomic mass is 9.98. The average molecular weight is 584 g/mol. The molecule has 7 nitrogen and oxygen atoms in total. The van der Waals surface area contributed by atoms with Crippen molar-refractivity contribution in [3.8, 4) is 11.1 Å². The van der Waals surface area contributed by atoms with E-state index in [1.54, 1.807) is 12.1 Å². The molecule has 0 saturated carbocycles. The molecule has 4 rings (SSSR count). The van der Waals surface area contributed by atoms with Gasteiger partial charge in [0, 0.05) is 9.49 Å². The fraction of sp³-hybridized carbons (Fsp3) is 0.222. The number of aromatic carboxylic acids is 1. The van der Waals surface area contributed by atoms with Crippen LogP contribution in [0, 0.1) is 3.57 Å². The van der Waals surface area contributed by atoms with Crippen LogP contribution in [0.25, 0.3) is 11.1 Å². The summed E-state index contributed by atoms with van der Waals surface area (Å²) in [5.74, 6) is -1.73. The first-order chi connectivity index (χ1) is 16.9. The van der Waals surface area contributed by atoms with Crippen LogP contribution >= 0.6 is 22.6 Å². The van der Waals surface area contributed by atoms with Gasteiger partial charge in [0.15, 0.2) is 0 Å². The second kappa shape index (κ2) is 10.9. The minimum absolute atomic E-state index is 0.0124. The molecule has 0 radical (unpaired) electrons. The first kappa shape index (κ1) is 24.7. The molecule has 180 valence electrons. The van der Waals surface area contributed by atoms with Gasteiger partial charge >= 0.3 is 12.1 Å². The molecule has 0 heterocycles. The SMILES string of the molecule is CCC[C@H](NC(=O)OCC1c2ccccc2-c2ccccc21)C(=O)Nc1ccc(I)cc1C(=O)O. The lowest BCUT2D eigenvalue weighted by molar-refractivity contribution is -0.118. The minimum Gasteiger partial charge on any atom is -0.478 e. The third-order valence-electron chi connectivity index (χ3n) is 6.00. The molecule has 0 saturated heterocycles. The van der Waals surface area contributed by atoms with Crippen molar-refractivity contribution in [1.82, 2.24) is 5.32 Å². The summed E-state index contributed by atoms with van der Waals surface area (Å²) in [6.07, 6.45) is 0.324. The number of amides is 2. The predicted octanol–water partition coefficient (Wildman–Crippen LogP) is 5.64. The van der Waals surface area contributed by atoms with Crippen LogP contribution in [0.4, 0.5) is 10.5 Å². The number of carbonyl (C=O) groups excluding carboxylic acids is 2. The van der Waals surface area contributed by atoms with Crippen molar-refractivity contribution in [2.75, 3.05) is 11.9 Å². The summed E-state index contributed by atoms with van der Waals surface area (Å²) in [7, 11) is 0. The van der Waals surface area contributed by atoms with Gasteiger partial charge in [-0.3, -0.25) is 4.79 Å². The molecule has 0 spiro atoms. The molecule has 1 atom stereocenters. The van der Waals surface area contributed by atoms with E-state index in [0.717, 1.165) is 25.8 Å². The number of fused-ring (bicyclic) bond motifs is 3. The van der Waals surface area contributed by atoms with Crippen LogP contribution in [-0.4, -0.2) is 35.7 Å². The third kappa shape index (κ3) is 5.48. The standard InChI is InChI=1S/C27H25IN2O5/c1-2-7-24(25(31)29-23-13-12-16(28)14-21(23)26(32)33)30-27(34)35-15-22-19-10-5-3-8-17(19)18-9-4-6-11-20(18)22/h3-6,8-14,22,24H,2,7,15H2,1H3,(H,29,31)(H,30,34)(H,32,33)/t24-/m0/s1. The van der Waals surface area contributed by atoms with Gasteiger partial charge in [0.2, 0.25) is 5.91 Å². The number of hydrogen-bond donors (Lipinski definition) is 3. The zero-order valence-corrected chi connectivity index (χ0v) is 21.2. The van der Waals surface area contributed by atoms with Gasteiger partial charge in [-0.05, 0) is 69.5 Å². The zero-order chi connectivity index (χ0) is 24.9. The van der Waals surface area contributed by atoms with E-state index < -0.39 is 24.0 Å². The van der Waals surface area contributed by atoms with Crippen LogP contribution in [-0.2, 0) is 9.53 Å². The Morgan fingerprint density at radius 3 is 2.23 bits per heavy atom. The number of rotatable bonds is 8. The summed E-state index contributed by atoms with van der Waals surface area (Å²) < 4.78 is 6.31. The van der Waals surface area contributed by atoms with E-state index in [4.69, 9.17) is 4.74 Å². The van der Waals surface area contributed by atoms with E-state index >= 15 is 0 Å². The molecule has 0 aromatic heterocycles. The van der Waals surface area contributed by atoms with Crippen molar-refractivity contribution in [3.05, 3.63) is 87.0 Å². The number of nitrogens with one attached hydrogen (secondary N) is 2. The van der Waals surface area contributed by atoms with Gasteiger partial charge in [0.05, 0.1) is 11.3 Å². The quantitative estimate of drug-likeness (QED) is 0.298. The lowest BCUT2D eigenvalue weighted by Crippen LogP contribution is -2.44. The number of alkyl carbamates (subject to hydrolysis) is 1. The van der Waals surface area contributed by atoms with Gasteiger partial charge in [-0.1, -0.05) is 61.9 Å². The Morgan fingerprint density at radius 1 is 1.00 bits per heavy atom. The molecule has 8 heteroatoms. The smallest absolute Gasteiger partial charge is 0.407 e. The van der Waals surface area contributed by atoms with Crippen LogP contribution in [0.5, 0.6) is 0 Å². The average Bonchev–Trinajstić information content (AvgIpc) is 3.17. The number of carboxylic acid groups (broad SMARTS) is 1. The Hall–Kier alpha value is -3.40. The van der Waals surface area contributed by atoms with Crippen molar-refractivity contribution in [3.63, 3.8) is 0 Å². The van der Waals surface area contributed by atoms with E-state index in [9.17, 15) is 19.5 Å². The molecule has 3 aromatic rings. The Kier molecular flexibility index (Phi) is 7.70. The summed E-state index contributed by atoms with van der Waals surface area (Å²) >= 11 is 2.01. The summed E-state index contributed by atoms with van der Waals surface area (Å²) in [6.45, 7) is 2.04. The number of halogens is 1. The number of hydrogen-bond acceptors (Lipinski definition) is 4. The molecule has 1 aliphatic rings. The second-order valence-electron chi connectivity index (χ2n) is 8.30. The maximum Gasteiger partial charge on any atom is 0.407 e. The molecule has 1 aliphatic carbocycles. The molecule has 0 fully saturated rings. The summed E-state index contributed by atoms with van der Waals surface area (Å²) in [5.41, 5.74) is 4.63. The summed E-state index contributed by atoms with van der Waals surface area (Å²) in [4.78, 5) is 37.2. The topological polar surface area (TPSA) is 105 Å². The van der Waals surface area contributed by atoms with Crippen LogP contribution in [0.1, 0.15) is 47.2 Å². The van der Waals surface area contributed by atoms with E-state index in [1.165, 1.54) is 6.07 Å². The zero-order valence-electron chi connectivity index (χ0n) is 19.1. The van der Waals surface area contributed by atoms with Crippen LogP contribution in [0.3, 0.4) is 0 Å². The van der Waals surface area contributed by atoms with Gasteiger partial charge in [-0.15, -0.1) is 0 Å². The van der Waals surface area contributed by atoms with Crippen molar-refractivity contribution in [2.24, 2.45) is 0 Å². The van der Waals surface area contributed by atoms with Gasteiger partial charge in [0.25, 0.3) is 0 Å². The van der Waals surface area contributed by atoms with Gasteiger partial charge in [-0.25, -0.2) is 9.59 Å². The largest absolute Gasteiger partial charge is 0.478 e. The highest BCUT2D eigenvalue weighted by Gasteiger charge is 2.30. The lowest BCUT2D eigenvalue weighted by Gasteiger charge is -2.20. The maximum absolute atomic E-state index is 12.9.